The molecule has 3 rings (SSSR count). The number of nitrogens with zero attached hydrogens (tertiary/aromatic N) is 4. The summed E-state index contributed by atoms with van der Waals surface area (Å²) < 4.78 is 0. The molecule has 0 radical (unpaired) electrons. The smallest absolute Gasteiger partial charge is 0.252 e. The molecule has 0 saturated carbocycles. The molecule has 0 aliphatic carbocycles. The Bertz CT molecular complexity index is 700. The first-order valence-corrected chi connectivity index (χ1v) is 9.58. The lowest BCUT2D eigenvalue weighted by Crippen LogP contribution is -2.46. The van der Waals surface area contributed by atoms with Gasteiger partial charge in [0.1, 0.15) is 5.82 Å². The molecular formula is C18H25N5OS. The van der Waals surface area contributed by atoms with Crippen LogP contribution in [0, 0.1) is 13.8 Å². The molecule has 0 aromatic carbocycles. The van der Waals surface area contributed by atoms with Crippen LogP contribution in [-0.4, -0.2) is 48.6 Å². The number of amides is 1. The van der Waals surface area contributed by atoms with Crippen LogP contribution in [0.2, 0.25) is 0 Å². The third kappa shape index (κ3) is 4.10. The molecule has 0 unspecified atom stereocenters. The van der Waals surface area contributed by atoms with Gasteiger partial charge in [-0.25, -0.2) is 9.97 Å². The van der Waals surface area contributed by atoms with Crippen molar-refractivity contribution in [3.63, 3.8) is 0 Å². The second kappa shape index (κ2) is 7.82. The minimum absolute atomic E-state index is 0.0553. The number of anilines is 2. The van der Waals surface area contributed by atoms with Crippen molar-refractivity contribution in [2.45, 2.75) is 27.2 Å². The first kappa shape index (κ1) is 17.7. The minimum atomic E-state index is -0.0553. The lowest BCUT2D eigenvalue weighted by atomic mass is 10.2. The topological polar surface area (TPSA) is 61.4 Å². The number of hydrogen-bond donors (Lipinski definition) is 1. The van der Waals surface area contributed by atoms with E-state index in [1.807, 2.05) is 19.1 Å². The quantitative estimate of drug-likeness (QED) is 0.889. The number of rotatable bonds is 5. The van der Waals surface area contributed by atoms with Crippen LogP contribution in [-0.2, 0) is 0 Å². The summed E-state index contributed by atoms with van der Waals surface area (Å²) >= 11 is 1.77. The highest BCUT2D eigenvalue weighted by Gasteiger charge is 2.21. The van der Waals surface area contributed by atoms with E-state index >= 15 is 0 Å². The Kier molecular flexibility index (Phi) is 5.53. The fourth-order valence-electron chi connectivity index (χ4n) is 2.77. The van der Waals surface area contributed by atoms with Gasteiger partial charge in [0.2, 0.25) is 0 Å². The number of pyridine rings is 1. The lowest BCUT2D eigenvalue weighted by molar-refractivity contribution is 0.0953. The third-order valence-electron chi connectivity index (χ3n) is 4.44. The lowest BCUT2D eigenvalue weighted by Gasteiger charge is -2.35. The summed E-state index contributed by atoms with van der Waals surface area (Å²) in [6.45, 7) is 10.6. The van der Waals surface area contributed by atoms with Gasteiger partial charge in [0.25, 0.3) is 5.91 Å². The molecule has 7 heteroatoms. The van der Waals surface area contributed by atoms with E-state index in [1.54, 1.807) is 17.5 Å². The number of hydrogen-bond acceptors (Lipinski definition) is 6. The molecule has 1 fully saturated rings. The number of carbonyl (C=O) groups excluding carboxylic acids is 1. The number of nitrogens with one attached hydrogen (secondary N) is 1. The molecule has 1 N–H and O–H groups in total. The molecular weight excluding hydrogens is 334 g/mol. The van der Waals surface area contributed by atoms with E-state index in [2.05, 4.69) is 38.9 Å². The van der Waals surface area contributed by atoms with Crippen LogP contribution >= 0.6 is 11.3 Å². The molecule has 2 aromatic heterocycles. The largest absolute Gasteiger partial charge is 0.353 e. The third-order valence-corrected chi connectivity index (χ3v) is 5.57. The number of aryl methyl sites for hydroxylation is 2. The molecule has 1 aliphatic heterocycles. The van der Waals surface area contributed by atoms with Crippen molar-refractivity contribution in [2.75, 3.05) is 42.5 Å². The minimum Gasteiger partial charge on any atom is -0.353 e. The molecule has 1 aliphatic rings. The SMILES string of the molecule is CCCNC(=O)c1ccc(N2CCN(c3nc(C)c(C)s3)CC2)nc1. The van der Waals surface area contributed by atoms with Crippen molar-refractivity contribution >= 4 is 28.2 Å². The van der Waals surface area contributed by atoms with E-state index < -0.39 is 0 Å². The van der Waals surface area contributed by atoms with Gasteiger partial charge in [-0.3, -0.25) is 4.79 Å². The van der Waals surface area contributed by atoms with E-state index in [1.165, 1.54) is 4.88 Å². The van der Waals surface area contributed by atoms with Gasteiger partial charge >= 0.3 is 0 Å². The van der Waals surface area contributed by atoms with Gasteiger partial charge in [-0.1, -0.05) is 6.92 Å². The molecule has 2 aromatic rings. The molecule has 1 amide bonds. The molecule has 0 bridgehead atoms. The fraction of sp³-hybridized carbons (Fsp3) is 0.500. The Morgan fingerprint density at radius 2 is 1.92 bits per heavy atom. The Morgan fingerprint density at radius 1 is 1.20 bits per heavy atom. The Labute approximate surface area is 152 Å². The summed E-state index contributed by atoms with van der Waals surface area (Å²) in [5, 5.41) is 3.99. The molecule has 25 heavy (non-hydrogen) atoms. The molecule has 1 saturated heterocycles. The first-order valence-electron chi connectivity index (χ1n) is 8.76. The van der Waals surface area contributed by atoms with Gasteiger partial charge in [-0.05, 0) is 32.4 Å². The standard InChI is InChI=1S/C18H25N5OS/c1-4-7-19-17(24)15-5-6-16(20-12-15)22-8-10-23(11-9-22)18-21-13(2)14(3)25-18/h5-6,12H,4,7-11H2,1-3H3,(H,19,24). The summed E-state index contributed by atoms with van der Waals surface area (Å²) in [6.07, 6.45) is 2.60. The maximum Gasteiger partial charge on any atom is 0.252 e. The zero-order chi connectivity index (χ0) is 17.8. The van der Waals surface area contributed by atoms with Gasteiger partial charge in [0, 0.05) is 43.8 Å². The normalized spacial score (nSPS) is 14.7. The van der Waals surface area contributed by atoms with E-state index in [9.17, 15) is 4.79 Å². The number of carbonyl (C=O) groups is 1. The highest BCUT2D eigenvalue weighted by Crippen LogP contribution is 2.26. The fourth-order valence-corrected chi connectivity index (χ4v) is 3.73. The van der Waals surface area contributed by atoms with Gasteiger partial charge in [-0.2, -0.15) is 0 Å². The average molecular weight is 359 g/mol. The first-order chi connectivity index (χ1) is 12.1. The van der Waals surface area contributed by atoms with Crippen molar-refractivity contribution in [3.05, 3.63) is 34.5 Å². The van der Waals surface area contributed by atoms with Crippen LogP contribution in [0.1, 0.15) is 34.3 Å². The summed E-state index contributed by atoms with van der Waals surface area (Å²) in [6, 6.07) is 3.79. The predicted molar refractivity (Wildman–Crippen MR) is 103 cm³/mol. The summed E-state index contributed by atoms with van der Waals surface area (Å²) in [5.74, 6) is 0.874. The number of aromatic nitrogens is 2. The van der Waals surface area contributed by atoms with Crippen molar-refractivity contribution in [1.29, 1.82) is 0 Å². The zero-order valence-electron chi connectivity index (χ0n) is 15.1. The molecule has 6 nitrogen and oxygen atoms in total. The van der Waals surface area contributed by atoms with E-state index in [0.717, 1.165) is 49.2 Å². The summed E-state index contributed by atoms with van der Waals surface area (Å²) in [4.78, 5) is 27.0. The highest BCUT2D eigenvalue weighted by molar-refractivity contribution is 7.15. The van der Waals surface area contributed by atoms with E-state index in [-0.39, 0.29) is 5.91 Å². The van der Waals surface area contributed by atoms with E-state index in [4.69, 9.17) is 0 Å². The molecule has 134 valence electrons. The molecule has 0 atom stereocenters. The Morgan fingerprint density at radius 3 is 2.48 bits per heavy atom. The van der Waals surface area contributed by atoms with Crippen LogP contribution in [0.5, 0.6) is 0 Å². The number of piperazine rings is 1. The second-order valence-electron chi connectivity index (χ2n) is 6.27. The molecule has 3 heterocycles. The van der Waals surface area contributed by atoms with Crippen LogP contribution in [0.25, 0.3) is 0 Å². The van der Waals surface area contributed by atoms with Gasteiger partial charge < -0.3 is 15.1 Å². The second-order valence-corrected chi connectivity index (χ2v) is 7.45. The summed E-state index contributed by atoms with van der Waals surface area (Å²) in [7, 11) is 0. The zero-order valence-corrected chi connectivity index (χ0v) is 15.9. The monoisotopic (exact) mass is 359 g/mol. The van der Waals surface area contributed by atoms with Crippen LogP contribution in [0.4, 0.5) is 10.9 Å². The highest BCUT2D eigenvalue weighted by atomic mass is 32.1. The van der Waals surface area contributed by atoms with Crippen molar-refractivity contribution < 1.29 is 4.79 Å². The van der Waals surface area contributed by atoms with Crippen molar-refractivity contribution in [2.24, 2.45) is 0 Å². The summed E-state index contributed by atoms with van der Waals surface area (Å²) in [5.41, 5.74) is 1.74. The molecule has 0 spiro atoms. The average Bonchev–Trinajstić information content (AvgIpc) is 2.99. The van der Waals surface area contributed by atoms with Gasteiger partial charge in [0.05, 0.1) is 11.3 Å². The van der Waals surface area contributed by atoms with Crippen LogP contribution in [0.15, 0.2) is 18.3 Å². The predicted octanol–water partition coefficient (Wildman–Crippen LogP) is 2.62. The van der Waals surface area contributed by atoms with E-state index in [0.29, 0.717) is 12.1 Å². The Balaban J connectivity index is 1.58. The van der Waals surface area contributed by atoms with Crippen LogP contribution in [0.3, 0.4) is 0 Å². The maximum atomic E-state index is 11.9. The maximum absolute atomic E-state index is 11.9. The van der Waals surface area contributed by atoms with Crippen molar-refractivity contribution in [1.82, 2.24) is 15.3 Å². The van der Waals surface area contributed by atoms with Gasteiger partial charge in [-0.15, -0.1) is 11.3 Å². The van der Waals surface area contributed by atoms with Crippen molar-refractivity contribution in [3.8, 4) is 0 Å². The van der Waals surface area contributed by atoms with Gasteiger partial charge in [0.15, 0.2) is 5.13 Å². The number of thiazole rings is 1. The van der Waals surface area contributed by atoms with Crippen LogP contribution < -0.4 is 15.1 Å². The Hall–Kier alpha value is -2.15.